The fourth-order valence-electron chi connectivity index (χ4n) is 1.23. The van der Waals surface area contributed by atoms with Crippen molar-refractivity contribution in [2.24, 2.45) is 7.05 Å². The van der Waals surface area contributed by atoms with Gasteiger partial charge >= 0.3 is 0 Å². The summed E-state index contributed by atoms with van der Waals surface area (Å²) >= 11 is 5.79. The minimum Gasteiger partial charge on any atom is -0.356 e. The number of nitrogens with one attached hydrogen (secondary N) is 2. The molecule has 18 heavy (non-hydrogen) atoms. The number of halogens is 1. The van der Waals surface area contributed by atoms with Gasteiger partial charge in [0.05, 0.1) is 6.33 Å². The largest absolute Gasteiger partial charge is 0.356 e. The van der Waals surface area contributed by atoms with Crippen molar-refractivity contribution in [3.8, 4) is 0 Å². The summed E-state index contributed by atoms with van der Waals surface area (Å²) in [5.74, 6) is -0.215. The molecule has 0 unspecified atom stereocenters. The number of hydrogen-bond acceptors (Lipinski definition) is 4. The van der Waals surface area contributed by atoms with Crippen LogP contribution in [-0.2, 0) is 21.9 Å². The Morgan fingerprint density at radius 3 is 2.72 bits per heavy atom. The van der Waals surface area contributed by atoms with E-state index >= 15 is 0 Å². The van der Waals surface area contributed by atoms with E-state index in [9.17, 15) is 13.2 Å². The van der Waals surface area contributed by atoms with Crippen LogP contribution in [0.15, 0.2) is 11.4 Å². The Hall–Kier alpha value is -1.12. The van der Waals surface area contributed by atoms with Crippen molar-refractivity contribution in [1.82, 2.24) is 19.6 Å². The highest BCUT2D eigenvalue weighted by atomic mass is 35.5. The Kier molecular flexibility index (Phi) is 5.12. The number of carbonyl (C=O) groups excluding carboxylic acids is 1. The number of nitrogens with zero attached hydrogens (tertiary/aromatic N) is 2. The van der Waals surface area contributed by atoms with Crippen molar-refractivity contribution in [2.45, 2.75) is 18.4 Å². The molecule has 7 nitrogen and oxygen atoms in total. The quantitative estimate of drug-likeness (QED) is 0.765. The van der Waals surface area contributed by atoms with E-state index in [4.69, 9.17) is 11.6 Å². The van der Waals surface area contributed by atoms with Crippen LogP contribution in [-0.4, -0.2) is 37.0 Å². The van der Waals surface area contributed by atoms with Gasteiger partial charge in [0.2, 0.25) is 10.9 Å². The minimum atomic E-state index is -3.77. The van der Waals surface area contributed by atoms with Crippen molar-refractivity contribution in [3.05, 3.63) is 11.5 Å². The van der Waals surface area contributed by atoms with Crippen molar-refractivity contribution in [3.63, 3.8) is 0 Å². The third-order valence-electron chi connectivity index (χ3n) is 2.11. The summed E-state index contributed by atoms with van der Waals surface area (Å²) in [5.41, 5.74) is 0. The van der Waals surface area contributed by atoms with E-state index in [0.717, 1.165) is 0 Å². The third kappa shape index (κ3) is 3.69. The highest BCUT2D eigenvalue weighted by Crippen LogP contribution is 2.17. The SMILES string of the molecule is CCNC(=O)CCNS(=O)(=O)c1ncn(C)c1Cl. The molecular formula is C9H15ClN4O3S. The van der Waals surface area contributed by atoms with Crippen molar-refractivity contribution >= 4 is 27.5 Å². The summed E-state index contributed by atoms with van der Waals surface area (Å²) in [5, 5.41) is 2.36. The molecule has 0 bridgehead atoms. The van der Waals surface area contributed by atoms with Crippen LogP contribution in [0.4, 0.5) is 0 Å². The summed E-state index contributed by atoms with van der Waals surface area (Å²) in [7, 11) is -2.19. The summed E-state index contributed by atoms with van der Waals surface area (Å²) in [6.45, 7) is 2.30. The van der Waals surface area contributed by atoms with Crippen molar-refractivity contribution in [1.29, 1.82) is 0 Å². The number of rotatable bonds is 6. The van der Waals surface area contributed by atoms with Gasteiger partial charge in [0.25, 0.3) is 10.0 Å². The molecule has 2 N–H and O–H groups in total. The average Bonchev–Trinajstić information content (AvgIpc) is 2.60. The first-order valence-electron chi connectivity index (χ1n) is 5.31. The Balaban J connectivity index is 2.61. The molecule has 0 fully saturated rings. The van der Waals surface area contributed by atoms with E-state index in [1.165, 1.54) is 10.9 Å². The van der Waals surface area contributed by atoms with Crippen LogP contribution < -0.4 is 10.0 Å². The topological polar surface area (TPSA) is 93.1 Å². The van der Waals surface area contributed by atoms with Crippen LogP contribution in [0.3, 0.4) is 0 Å². The molecule has 1 aromatic rings. The molecule has 0 radical (unpaired) electrons. The maximum absolute atomic E-state index is 11.8. The molecule has 0 saturated carbocycles. The smallest absolute Gasteiger partial charge is 0.261 e. The lowest BCUT2D eigenvalue weighted by Gasteiger charge is -2.05. The van der Waals surface area contributed by atoms with Gasteiger partial charge in [-0.15, -0.1) is 0 Å². The molecule has 1 rings (SSSR count). The Labute approximate surface area is 111 Å². The molecule has 0 atom stereocenters. The monoisotopic (exact) mass is 294 g/mol. The predicted octanol–water partition coefficient (Wildman–Crippen LogP) is -0.122. The third-order valence-corrected chi connectivity index (χ3v) is 4.06. The zero-order chi connectivity index (χ0) is 13.8. The normalized spacial score (nSPS) is 11.5. The van der Waals surface area contributed by atoms with Gasteiger partial charge in [0, 0.05) is 26.6 Å². The number of amides is 1. The molecule has 0 saturated heterocycles. The van der Waals surface area contributed by atoms with Crippen LogP contribution in [0.25, 0.3) is 0 Å². The number of carbonyl (C=O) groups is 1. The molecule has 1 aromatic heterocycles. The predicted molar refractivity (Wildman–Crippen MR) is 66.7 cm³/mol. The summed E-state index contributed by atoms with van der Waals surface area (Å²) in [6.07, 6.45) is 1.37. The van der Waals surface area contributed by atoms with Gasteiger partial charge in [-0.3, -0.25) is 4.79 Å². The van der Waals surface area contributed by atoms with Gasteiger partial charge in [-0.1, -0.05) is 11.6 Å². The molecule has 0 spiro atoms. The molecule has 0 aliphatic heterocycles. The number of hydrogen-bond donors (Lipinski definition) is 2. The number of imidazole rings is 1. The number of aryl methyl sites for hydroxylation is 1. The maximum Gasteiger partial charge on any atom is 0.261 e. The zero-order valence-corrected chi connectivity index (χ0v) is 11.7. The molecule has 102 valence electrons. The highest BCUT2D eigenvalue weighted by molar-refractivity contribution is 7.89. The van der Waals surface area contributed by atoms with Crippen LogP contribution in [0.1, 0.15) is 13.3 Å². The molecular weight excluding hydrogens is 280 g/mol. The fourth-order valence-corrected chi connectivity index (χ4v) is 2.68. The first-order chi connectivity index (χ1) is 8.38. The standard InChI is InChI=1S/C9H15ClN4O3S/c1-3-11-7(15)4-5-13-18(16,17)9-8(10)14(2)6-12-9/h6,13H,3-5H2,1-2H3,(H,11,15). The van der Waals surface area contributed by atoms with E-state index in [2.05, 4.69) is 15.0 Å². The van der Waals surface area contributed by atoms with Crippen LogP contribution in [0.5, 0.6) is 0 Å². The van der Waals surface area contributed by atoms with Gasteiger partial charge in [-0.2, -0.15) is 0 Å². The number of aromatic nitrogens is 2. The van der Waals surface area contributed by atoms with E-state index < -0.39 is 10.0 Å². The highest BCUT2D eigenvalue weighted by Gasteiger charge is 2.21. The first-order valence-corrected chi connectivity index (χ1v) is 7.17. The molecule has 0 aliphatic carbocycles. The second-order valence-corrected chi connectivity index (χ2v) is 5.59. The Morgan fingerprint density at radius 1 is 1.56 bits per heavy atom. The van der Waals surface area contributed by atoms with Gasteiger partial charge in [-0.05, 0) is 6.92 Å². The lowest BCUT2D eigenvalue weighted by Crippen LogP contribution is -2.31. The second kappa shape index (κ2) is 6.17. The van der Waals surface area contributed by atoms with Crippen LogP contribution in [0, 0.1) is 0 Å². The Bertz CT molecular complexity index is 526. The first kappa shape index (κ1) is 14.9. The van der Waals surface area contributed by atoms with E-state index in [0.29, 0.717) is 6.54 Å². The molecule has 1 heterocycles. The zero-order valence-electron chi connectivity index (χ0n) is 10.1. The van der Waals surface area contributed by atoms with Crippen molar-refractivity contribution < 1.29 is 13.2 Å². The Morgan fingerprint density at radius 2 is 2.22 bits per heavy atom. The molecule has 1 amide bonds. The second-order valence-electron chi connectivity index (χ2n) is 3.55. The van der Waals surface area contributed by atoms with Gasteiger partial charge in [-0.25, -0.2) is 18.1 Å². The number of sulfonamides is 1. The lowest BCUT2D eigenvalue weighted by atomic mass is 10.4. The van der Waals surface area contributed by atoms with E-state index in [1.807, 2.05) is 0 Å². The molecule has 0 aliphatic rings. The van der Waals surface area contributed by atoms with Crippen molar-refractivity contribution in [2.75, 3.05) is 13.1 Å². The molecule has 9 heteroatoms. The summed E-state index contributed by atoms with van der Waals surface area (Å²) < 4.78 is 27.3. The maximum atomic E-state index is 11.8. The van der Waals surface area contributed by atoms with Crippen LogP contribution >= 0.6 is 11.6 Å². The molecule has 0 aromatic carbocycles. The average molecular weight is 295 g/mol. The lowest BCUT2D eigenvalue weighted by molar-refractivity contribution is -0.120. The van der Waals surface area contributed by atoms with Gasteiger partial charge in [0.15, 0.2) is 0 Å². The van der Waals surface area contributed by atoms with E-state index in [1.54, 1.807) is 14.0 Å². The summed E-state index contributed by atoms with van der Waals surface area (Å²) in [4.78, 5) is 14.8. The van der Waals surface area contributed by atoms with Gasteiger partial charge in [0.1, 0.15) is 5.15 Å². The van der Waals surface area contributed by atoms with E-state index in [-0.39, 0.29) is 29.1 Å². The van der Waals surface area contributed by atoms with Gasteiger partial charge < -0.3 is 9.88 Å². The summed E-state index contributed by atoms with van der Waals surface area (Å²) in [6, 6.07) is 0. The fraction of sp³-hybridized carbons (Fsp3) is 0.556. The van der Waals surface area contributed by atoms with Crippen LogP contribution in [0.2, 0.25) is 5.15 Å². The minimum absolute atomic E-state index is 0.00106.